The smallest absolute Gasteiger partial charge is 0.270 e. The Hall–Kier alpha value is -2.96. The van der Waals surface area contributed by atoms with E-state index in [-0.39, 0.29) is 13.3 Å². The van der Waals surface area contributed by atoms with Crippen molar-refractivity contribution in [3.63, 3.8) is 0 Å². The highest BCUT2D eigenvalue weighted by Crippen LogP contribution is 2.16. The van der Waals surface area contributed by atoms with Crippen LogP contribution in [0.3, 0.4) is 0 Å². The summed E-state index contributed by atoms with van der Waals surface area (Å²) in [4.78, 5) is 27.9. The Morgan fingerprint density at radius 1 is 1.09 bits per heavy atom. The highest BCUT2D eigenvalue weighted by atomic mass is 16.2. The lowest BCUT2D eigenvalue weighted by molar-refractivity contribution is -0.107. The van der Waals surface area contributed by atoms with Crippen molar-refractivity contribution >= 4 is 24.3 Å². The molecule has 0 saturated heterocycles. The average Bonchev–Trinajstić information content (AvgIpc) is 3.27. The second kappa shape index (κ2) is 24.3. The number of allylic oxidation sites excluding steroid dienone is 4. The summed E-state index contributed by atoms with van der Waals surface area (Å²) in [6.45, 7) is 17.7. The molecule has 0 aromatic carbocycles. The van der Waals surface area contributed by atoms with Crippen LogP contribution >= 0.6 is 0 Å². The largest absolute Gasteiger partial charge is 0.400 e. The van der Waals surface area contributed by atoms with E-state index in [0.29, 0.717) is 18.7 Å². The summed E-state index contributed by atoms with van der Waals surface area (Å²) in [5.74, 6) is -0.101. The van der Waals surface area contributed by atoms with Crippen molar-refractivity contribution < 1.29 is 19.8 Å². The summed E-state index contributed by atoms with van der Waals surface area (Å²) in [6, 6.07) is 1.78. The number of rotatable bonds is 10. The van der Waals surface area contributed by atoms with E-state index >= 15 is 0 Å². The molecule has 0 saturated carbocycles. The van der Waals surface area contributed by atoms with Crippen molar-refractivity contribution in [1.82, 2.24) is 9.88 Å². The first-order chi connectivity index (χ1) is 15.0. The maximum Gasteiger partial charge on any atom is 0.270 e. The summed E-state index contributed by atoms with van der Waals surface area (Å²) < 4.78 is 0. The van der Waals surface area contributed by atoms with Gasteiger partial charge in [0.05, 0.1) is 0 Å². The number of aliphatic hydroxyl groups is 2. The SMILES string of the molecule is C.C=C/C(=C\C=C(/CC)CN(C)C(=O)c1cc(C=C)c(C=C)[nH]1)CC=O.CC.CO.CO. The predicted molar refractivity (Wildman–Crippen MR) is 140 cm³/mol. The maximum absolute atomic E-state index is 12.6. The second-order valence-corrected chi connectivity index (χ2v) is 5.62. The number of aromatic amines is 1. The van der Waals surface area contributed by atoms with Crippen molar-refractivity contribution in [3.8, 4) is 0 Å². The van der Waals surface area contributed by atoms with Gasteiger partial charge in [0.15, 0.2) is 0 Å². The zero-order chi connectivity index (χ0) is 24.8. The molecule has 0 aliphatic rings. The molecule has 0 fully saturated rings. The second-order valence-electron chi connectivity index (χ2n) is 5.62. The molecular weight excluding hydrogens is 404 g/mol. The normalized spacial score (nSPS) is 9.75. The number of nitrogens with one attached hydrogen (secondary N) is 1. The van der Waals surface area contributed by atoms with Crippen molar-refractivity contribution in [3.05, 3.63) is 72.1 Å². The van der Waals surface area contributed by atoms with Crippen molar-refractivity contribution in [1.29, 1.82) is 0 Å². The van der Waals surface area contributed by atoms with Crippen molar-refractivity contribution in [2.75, 3.05) is 27.8 Å². The van der Waals surface area contributed by atoms with E-state index in [2.05, 4.69) is 24.7 Å². The first-order valence-corrected chi connectivity index (χ1v) is 10.1. The minimum atomic E-state index is -0.101. The Bertz CT molecular complexity index is 703. The van der Waals surface area contributed by atoms with Crippen LogP contribution in [-0.2, 0) is 4.79 Å². The average molecular weight is 449 g/mol. The van der Waals surface area contributed by atoms with Crippen LogP contribution in [0.2, 0.25) is 0 Å². The molecule has 1 rings (SSSR count). The van der Waals surface area contributed by atoms with Gasteiger partial charge in [-0.05, 0) is 29.7 Å². The topological polar surface area (TPSA) is 93.6 Å². The Kier molecular flexibility index (Phi) is 27.7. The molecule has 182 valence electrons. The highest BCUT2D eigenvalue weighted by molar-refractivity contribution is 5.94. The van der Waals surface area contributed by atoms with Crippen molar-refractivity contribution in [2.24, 2.45) is 0 Å². The molecular formula is C26H44N2O4. The first kappa shape index (κ1) is 36.4. The summed E-state index contributed by atoms with van der Waals surface area (Å²) >= 11 is 0. The van der Waals surface area contributed by atoms with Gasteiger partial charge < -0.3 is 24.9 Å². The van der Waals surface area contributed by atoms with Gasteiger partial charge in [0.2, 0.25) is 0 Å². The van der Waals surface area contributed by atoms with Crippen LogP contribution in [0.5, 0.6) is 0 Å². The Labute approximate surface area is 195 Å². The third-order valence-corrected chi connectivity index (χ3v) is 3.89. The van der Waals surface area contributed by atoms with Gasteiger partial charge in [-0.1, -0.05) is 77.8 Å². The number of nitrogens with zero attached hydrogens (tertiary/aromatic N) is 1. The molecule has 32 heavy (non-hydrogen) atoms. The lowest BCUT2D eigenvalue weighted by Crippen LogP contribution is -2.29. The number of carbonyl (C=O) groups excluding carboxylic acids is 2. The van der Waals surface area contributed by atoms with Gasteiger partial charge in [0, 0.05) is 39.9 Å². The molecule has 1 aromatic heterocycles. The Morgan fingerprint density at radius 3 is 2.03 bits per heavy atom. The van der Waals surface area contributed by atoms with Gasteiger partial charge in [0.25, 0.3) is 5.91 Å². The number of hydrogen-bond acceptors (Lipinski definition) is 4. The molecule has 1 heterocycles. The van der Waals surface area contributed by atoms with E-state index in [9.17, 15) is 9.59 Å². The number of aldehydes is 1. The van der Waals surface area contributed by atoms with Crippen LogP contribution in [0.15, 0.2) is 55.2 Å². The van der Waals surface area contributed by atoms with Crippen LogP contribution in [0.1, 0.15) is 62.8 Å². The fourth-order valence-corrected chi connectivity index (χ4v) is 2.34. The summed E-state index contributed by atoms with van der Waals surface area (Å²) in [5, 5.41) is 14.0. The third-order valence-electron chi connectivity index (χ3n) is 3.89. The number of hydrogen-bond donors (Lipinski definition) is 3. The highest BCUT2D eigenvalue weighted by Gasteiger charge is 2.16. The monoisotopic (exact) mass is 448 g/mol. The van der Waals surface area contributed by atoms with Crippen LogP contribution in [-0.4, -0.2) is 60.1 Å². The number of likely N-dealkylation sites (N-methyl/N-ethyl adjacent to an activating group) is 1. The lowest BCUT2D eigenvalue weighted by atomic mass is 10.1. The summed E-state index contributed by atoms with van der Waals surface area (Å²) in [7, 11) is 3.76. The van der Waals surface area contributed by atoms with Crippen LogP contribution in [0, 0.1) is 0 Å². The van der Waals surface area contributed by atoms with E-state index in [1.165, 1.54) is 0 Å². The predicted octanol–water partition coefficient (Wildman–Crippen LogP) is 5.29. The van der Waals surface area contributed by atoms with Gasteiger partial charge in [0.1, 0.15) is 12.0 Å². The van der Waals surface area contributed by atoms with E-state index in [4.69, 9.17) is 10.2 Å². The number of carbonyl (C=O) groups is 2. The van der Waals surface area contributed by atoms with Crippen LogP contribution in [0.4, 0.5) is 0 Å². The van der Waals surface area contributed by atoms with Crippen LogP contribution in [0.25, 0.3) is 12.2 Å². The molecule has 0 unspecified atom stereocenters. The van der Waals surface area contributed by atoms with Crippen LogP contribution < -0.4 is 0 Å². The van der Waals surface area contributed by atoms with Crippen molar-refractivity contribution in [2.45, 2.75) is 41.0 Å². The fraction of sp³-hybridized carbons (Fsp3) is 0.385. The molecule has 6 heteroatoms. The van der Waals surface area contributed by atoms with Gasteiger partial charge in [-0.25, -0.2) is 0 Å². The summed E-state index contributed by atoms with van der Waals surface area (Å²) in [5.41, 5.74) is 4.08. The zero-order valence-electron chi connectivity index (χ0n) is 19.9. The van der Waals surface area contributed by atoms with Gasteiger partial charge in [-0.3, -0.25) is 4.79 Å². The standard InChI is InChI=1S/C21H26N2O2.C2H6.2CH4O.CH4/c1-6-16(12-13-24)10-11-17(7-2)15-23(5)21(25)20-14-18(8-3)19(9-4)22-20;3*1-2;/h6,8-11,13-14,22H,1,3-4,7,12,15H2,2,5H3;1-2H3;2*2H,1H3;1H4/b16-10+,17-11+;;;;. The maximum atomic E-state index is 12.6. The molecule has 0 radical (unpaired) electrons. The molecule has 0 aliphatic carbocycles. The quantitative estimate of drug-likeness (QED) is 0.335. The van der Waals surface area contributed by atoms with E-state index < -0.39 is 0 Å². The van der Waals surface area contributed by atoms with E-state index in [1.807, 2.05) is 32.9 Å². The Balaban J connectivity index is -0.000000514. The van der Waals surface area contributed by atoms with E-state index in [0.717, 1.165) is 49.3 Å². The number of aromatic nitrogens is 1. The fourth-order valence-electron chi connectivity index (χ4n) is 2.34. The lowest BCUT2D eigenvalue weighted by Gasteiger charge is -2.18. The minimum Gasteiger partial charge on any atom is -0.400 e. The summed E-state index contributed by atoms with van der Waals surface area (Å²) in [6.07, 6.45) is 10.8. The van der Waals surface area contributed by atoms with Gasteiger partial charge in [-0.15, -0.1) is 0 Å². The molecule has 0 spiro atoms. The van der Waals surface area contributed by atoms with E-state index in [1.54, 1.807) is 36.2 Å². The number of H-pyrrole nitrogens is 1. The molecule has 6 nitrogen and oxygen atoms in total. The Morgan fingerprint density at radius 2 is 1.66 bits per heavy atom. The number of amides is 1. The molecule has 1 amide bonds. The molecule has 1 aromatic rings. The minimum absolute atomic E-state index is 0. The molecule has 0 aliphatic heterocycles. The first-order valence-electron chi connectivity index (χ1n) is 10.1. The number of aliphatic hydroxyl groups excluding tert-OH is 2. The van der Waals surface area contributed by atoms with Gasteiger partial charge in [-0.2, -0.15) is 0 Å². The molecule has 0 atom stereocenters. The molecule has 3 N–H and O–H groups in total. The third kappa shape index (κ3) is 13.4. The zero-order valence-corrected chi connectivity index (χ0v) is 19.9. The van der Waals surface area contributed by atoms with Gasteiger partial charge >= 0.3 is 0 Å². The molecule has 0 bridgehead atoms.